The first kappa shape index (κ1) is 15.6. The van der Waals surface area contributed by atoms with Crippen LogP contribution in [0, 0.1) is 0 Å². The van der Waals surface area contributed by atoms with E-state index in [1.54, 1.807) is 7.11 Å². The molecule has 0 saturated carbocycles. The lowest BCUT2D eigenvalue weighted by Gasteiger charge is -2.21. The van der Waals surface area contributed by atoms with Crippen molar-refractivity contribution in [2.45, 2.75) is 6.04 Å². The summed E-state index contributed by atoms with van der Waals surface area (Å²) in [4.78, 5) is 0. The fraction of sp³-hybridized carbons (Fsp3) is 0.200. The second kappa shape index (κ2) is 7.32. The third-order valence-corrected chi connectivity index (χ3v) is 4.67. The van der Waals surface area contributed by atoms with Gasteiger partial charge in [-0.15, -0.1) is 0 Å². The summed E-state index contributed by atoms with van der Waals surface area (Å²) < 4.78 is 6.05. The van der Waals surface area contributed by atoms with Crippen molar-refractivity contribution in [1.29, 1.82) is 0 Å². The Hall–Kier alpha value is -0.740. The van der Waals surface area contributed by atoms with Crippen LogP contribution in [0.5, 0.6) is 0 Å². The molecule has 1 N–H and O–H groups in total. The van der Waals surface area contributed by atoms with Gasteiger partial charge in [0.2, 0.25) is 0 Å². The highest BCUT2D eigenvalue weighted by Gasteiger charge is 2.15. The molecule has 106 valence electrons. The molecule has 0 aliphatic rings. The van der Waals surface area contributed by atoms with Crippen LogP contribution in [-0.2, 0) is 4.74 Å². The predicted molar refractivity (Wildman–Crippen MR) is 88.8 cm³/mol. The molecule has 0 bridgehead atoms. The van der Waals surface area contributed by atoms with Gasteiger partial charge in [0.1, 0.15) is 0 Å². The summed E-state index contributed by atoms with van der Waals surface area (Å²) in [7, 11) is 1.67. The van der Waals surface area contributed by atoms with Crippen LogP contribution in [-0.4, -0.2) is 13.7 Å². The first-order valence-electron chi connectivity index (χ1n) is 6.07. The summed E-state index contributed by atoms with van der Waals surface area (Å²) in [6.07, 6.45) is 0. The normalized spacial score (nSPS) is 12.2. The number of methoxy groups -OCH3 is 1. The maximum atomic E-state index is 6.26. The van der Waals surface area contributed by atoms with Crippen molar-refractivity contribution in [1.82, 2.24) is 0 Å². The zero-order chi connectivity index (χ0) is 14.5. The van der Waals surface area contributed by atoms with Crippen LogP contribution in [0.3, 0.4) is 0 Å². The maximum absolute atomic E-state index is 6.26. The Bertz CT molecular complexity index is 578. The van der Waals surface area contributed by atoms with Gasteiger partial charge < -0.3 is 10.1 Å². The SMILES string of the molecule is COCC(Nc1ccc(Br)c(Cl)c1Cl)c1ccccc1. The molecule has 2 aromatic rings. The molecule has 20 heavy (non-hydrogen) atoms. The molecular weight excluding hydrogens is 361 g/mol. The van der Waals surface area contributed by atoms with Crippen molar-refractivity contribution >= 4 is 44.8 Å². The Labute approximate surface area is 137 Å². The smallest absolute Gasteiger partial charge is 0.0835 e. The van der Waals surface area contributed by atoms with Gasteiger partial charge in [-0.3, -0.25) is 0 Å². The summed E-state index contributed by atoms with van der Waals surface area (Å²) in [5, 5.41) is 4.37. The fourth-order valence-corrected chi connectivity index (χ4v) is 2.73. The average molecular weight is 375 g/mol. The first-order valence-corrected chi connectivity index (χ1v) is 7.62. The van der Waals surface area contributed by atoms with E-state index in [0.29, 0.717) is 16.7 Å². The molecule has 1 unspecified atom stereocenters. The number of hydrogen-bond donors (Lipinski definition) is 1. The highest BCUT2D eigenvalue weighted by Crippen LogP contribution is 2.37. The second-order valence-electron chi connectivity index (χ2n) is 4.29. The van der Waals surface area contributed by atoms with E-state index in [9.17, 15) is 0 Å². The average Bonchev–Trinajstić information content (AvgIpc) is 2.48. The molecule has 0 fully saturated rings. The van der Waals surface area contributed by atoms with Crippen molar-refractivity contribution < 1.29 is 4.74 Å². The van der Waals surface area contributed by atoms with Gasteiger partial charge in [0.25, 0.3) is 0 Å². The maximum Gasteiger partial charge on any atom is 0.0835 e. The first-order chi connectivity index (χ1) is 9.63. The number of hydrogen-bond acceptors (Lipinski definition) is 2. The molecule has 5 heteroatoms. The monoisotopic (exact) mass is 373 g/mol. The lowest BCUT2D eigenvalue weighted by Crippen LogP contribution is -2.16. The molecule has 0 amide bonds. The minimum Gasteiger partial charge on any atom is -0.382 e. The van der Waals surface area contributed by atoms with E-state index in [2.05, 4.69) is 21.2 Å². The van der Waals surface area contributed by atoms with Crippen molar-refractivity contribution in [2.24, 2.45) is 0 Å². The van der Waals surface area contributed by atoms with Crippen molar-refractivity contribution in [3.05, 3.63) is 62.5 Å². The molecule has 0 aliphatic carbocycles. The van der Waals surface area contributed by atoms with Crippen molar-refractivity contribution in [3.8, 4) is 0 Å². The molecule has 2 nitrogen and oxygen atoms in total. The molecule has 0 spiro atoms. The van der Waals surface area contributed by atoms with Crippen LogP contribution in [0.2, 0.25) is 10.0 Å². The molecule has 0 heterocycles. The van der Waals surface area contributed by atoms with Gasteiger partial charge in [-0.2, -0.15) is 0 Å². The minimum atomic E-state index is 0.0101. The number of rotatable bonds is 5. The van der Waals surface area contributed by atoms with E-state index in [1.165, 1.54) is 0 Å². The molecule has 0 radical (unpaired) electrons. The predicted octanol–water partition coefficient (Wildman–Crippen LogP) is 5.56. The van der Waals surface area contributed by atoms with Crippen LogP contribution in [0.25, 0.3) is 0 Å². The van der Waals surface area contributed by atoms with E-state index in [-0.39, 0.29) is 6.04 Å². The standard InChI is InChI=1S/C15H14BrCl2NO/c1-20-9-13(10-5-3-2-4-6-10)19-12-8-7-11(16)14(17)15(12)18/h2-8,13,19H,9H2,1H3. The Kier molecular flexibility index (Phi) is 5.73. The van der Waals surface area contributed by atoms with Crippen LogP contribution in [0.15, 0.2) is 46.9 Å². The highest BCUT2D eigenvalue weighted by atomic mass is 79.9. The molecule has 1 atom stereocenters. The van der Waals surface area contributed by atoms with Crippen molar-refractivity contribution in [3.63, 3.8) is 0 Å². The van der Waals surface area contributed by atoms with Gasteiger partial charge in [0.15, 0.2) is 0 Å². The lowest BCUT2D eigenvalue weighted by molar-refractivity contribution is 0.186. The van der Waals surface area contributed by atoms with Gasteiger partial charge in [-0.1, -0.05) is 53.5 Å². The molecule has 0 saturated heterocycles. The molecule has 2 aromatic carbocycles. The van der Waals surface area contributed by atoms with E-state index in [4.69, 9.17) is 27.9 Å². The van der Waals surface area contributed by atoms with Crippen LogP contribution < -0.4 is 5.32 Å². The fourth-order valence-electron chi connectivity index (χ4n) is 1.90. The summed E-state index contributed by atoms with van der Waals surface area (Å²) in [5.41, 5.74) is 1.91. The third kappa shape index (κ3) is 3.67. The largest absolute Gasteiger partial charge is 0.382 e. The van der Waals surface area contributed by atoms with Gasteiger partial charge in [-0.25, -0.2) is 0 Å². The lowest BCUT2D eigenvalue weighted by atomic mass is 10.1. The Morgan fingerprint density at radius 2 is 1.80 bits per heavy atom. The Balaban J connectivity index is 2.27. The van der Waals surface area contributed by atoms with E-state index < -0.39 is 0 Å². The van der Waals surface area contributed by atoms with E-state index in [1.807, 2.05) is 42.5 Å². The van der Waals surface area contributed by atoms with Gasteiger partial charge in [-0.05, 0) is 33.6 Å². The number of anilines is 1. The topological polar surface area (TPSA) is 21.3 Å². The zero-order valence-corrected chi connectivity index (χ0v) is 14.0. The summed E-state index contributed by atoms with van der Waals surface area (Å²) in [5.74, 6) is 0. The number of nitrogens with one attached hydrogen (secondary N) is 1. The number of ether oxygens (including phenoxy) is 1. The Morgan fingerprint density at radius 1 is 1.10 bits per heavy atom. The van der Waals surface area contributed by atoms with Gasteiger partial charge in [0.05, 0.1) is 28.4 Å². The van der Waals surface area contributed by atoms with Crippen LogP contribution in [0.4, 0.5) is 5.69 Å². The zero-order valence-electron chi connectivity index (χ0n) is 10.9. The third-order valence-electron chi connectivity index (χ3n) is 2.90. The number of benzene rings is 2. The Morgan fingerprint density at radius 3 is 2.45 bits per heavy atom. The summed E-state index contributed by atoms with van der Waals surface area (Å²) in [6, 6.07) is 13.8. The van der Waals surface area contributed by atoms with Crippen LogP contribution >= 0.6 is 39.1 Å². The van der Waals surface area contributed by atoms with Crippen LogP contribution in [0.1, 0.15) is 11.6 Å². The van der Waals surface area contributed by atoms with E-state index in [0.717, 1.165) is 15.7 Å². The summed E-state index contributed by atoms with van der Waals surface area (Å²) >= 11 is 15.8. The number of halogens is 3. The molecule has 2 rings (SSSR count). The quantitative estimate of drug-likeness (QED) is 0.692. The second-order valence-corrected chi connectivity index (χ2v) is 5.90. The van der Waals surface area contributed by atoms with Gasteiger partial charge in [0, 0.05) is 11.6 Å². The van der Waals surface area contributed by atoms with Crippen molar-refractivity contribution in [2.75, 3.05) is 19.0 Å². The highest BCUT2D eigenvalue weighted by molar-refractivity contribution is 9.10. The molecule has 0 aliphatic heterocycles. The summed E-state index contributed by atoms with van der Waals surface area (Å²) in [6.45, 7) is 0.536. The molecule has 0 aromatic heterocycles. The molecular formula is C15H14BrCl2NO. The van der Waals surface area contributed by atoms with Gasteiger partial charge >= 0.3 is 0 Å². The minimum absolute atomic E-state index is 0.0101. The van der Waals surface area contributed by atoms with E-state index >= 15 is 0 Å².